The maximum absolute atomic E-state index is 14.7. The number of hydrogen-bond donors (Lipinski definition) is 2. The van der Waals surface area contributed by atoms with E-state index >= 15 is 0 Å². The SMILES string of the molecule is COC(=O)C[C@H](NC(=O)OC(C)(C)C)C(=O)N(Cc1ccc(F)cc1)C1(C(=O)NCc2ccccc2)CCN(c2ccccc2)CC1. The molecule has 4 rings (SSSR count). The highest BCUT2D eigenvalue weighted by Gasteiger charge is 2.50. The first-order valence-corrected chi connectivity index (χ1v) is 15.6. The minimum Gasteiger partial charge on any atom is -0.469 e. The molecule has 0 aliphatic carbocycles. The van der Waals surface area contributed by atoms with Crippen LogP contribution in [0.5, 0.6) is 0 Å². The van der Waals surface area contributed by atoms with Gasteiger partial charge in [0.25, 0.3) is 0 Å². The van der Waals surface area contributed by atoms with Crippen molar-refractivity contribution in [3.8, 4) is 0 Å². The van der Waals surface area contributed by atoms with Crippen LogP contribution in [0, 0.1) is 5.82 Å². The number of carbonyl (C=O) groups excluding carboxylic acids is 4. The van der Waals surface area contributed by atoms with Gasteiger partial charge in [0.05, 0.1) is 13.5 Å². The van der Waals surface area contributed by atoms with Crippen molar-refractivity contribution in [1.29, 1.82) is 0 Å². The third-order valence-corrected chi connectivity index (χ3v) is 8.05. The van der Waals surface area contributed by atoms with Gasteiger partial charge in [-0.25, -0.2) is 9.18 Å². The number of methoxy groups -OCH3 is 1. The smallest absolute Gasteiger partial charge is 0.408 e. The van der Waals surface area contributed by atoms with Gasteiger partial charge < -0.3 is 29.9 Å². The molecule has 10 nitrogen and oxygen atoms in total. The van der Waals surface area contributed by atoms with E-state index in [4.69, 9.17) is 9.47 Å². The maximum atomic E-state index is 14.7. The number of carbonyl (C=O) groups is 4. The van der Waals surface area contributed by atoms with Crippen molar-refractivity contribution in [3.63, 3.8) is 0 Å². The van der Waals surface area contributed by atoms with Crippen LogP contribution in [0.15, 0.2) is 84.9 Å². The van der Waals surface area contributed by atoms with Gasteiger partial charge in [0, 0.05) is 31.9 Å². The lowest BCUT2D eigenvalue weighted by molar-refractivity contribution is -0.154. The van der Waals surface area contributed by atoms with Crippen molar-refractivity contribution in [2.24, 2.45) is 0 Å². The van der Waals surface area contributed by atoms with Crippen molar-refractivity contribution in [2.75, 3.05) is 25.1 Å². The van der Waals surface area contributed by atoms with E-state index in [0.717, 1.165) is 11.3 Å². The fourth-order valence-corrected chi connectivity index (χ4v) is 5.64. The van der Waals surface area contributed by atoms with Crippen LogP contribution < -0.4 is 15.5 Å². The summed E-state index contributed by atoms with van der Waals surface area (Å²) in [4.78, 5) is 58.2. The van der Waals surface area contributed by atoms with E-state index in [9.17, 15) is 23.6 Å². The minimum atomic E-state index is -1.41. The van der Waals surface area contributed by atoms with Crippen LogP contribution in [0.1, 0.15) is 51.2 Å². The van der Waals surface area contributed by atoms with Crippen molar-refractivity contribution in [1.82, 2.24) is 15.5 Å². The molecule has 250 valence electrons. The molecule has 0 saturated carbocycles. The molecular formula is C36H43FN4O6. The number of nitrogens with zero attached hydrogens (tertiary/aromatic N) is 2. The van der Waals surface area contributed by atoms with E-state index in [0.29, 0.717) is 18.7 Å². The zero-order valence-corrected chi connectivity index (χ0v) is 27.3. The Morgan fingerprint density at radius 2 is 1.49 bits per heavy atom. The zero-order chi connectivity index (χ0) is 34.0. The van der Waals surface area contributed by atoms with Crippen LogP contribution in [0.25, 0.3) is 0 Å². The van der Waals surface area contributed by atoms with Crippen LogP contribution in [0.2, 0.25) is 0 Å². The number of para-hydroxylation sites is 1. The van der Waals surface area contributed by atoms with Crippen molar-refractivity contribution < 1.29 is 33.0 Å². The highest BCUT2D eigenvalue weighted by Crippen LogP contribution is 2.34. The molecular weight excluding hydrogens is 603 g/mol. The molecule has 0 bridgehead atoms. The van der Waals surface area contributed by atoms with Crippen LogP contribution >= 0.6 is 0 Å². The molecule has 3 aromatic rings. The summed E-state index contributed by atoms with van der Waals surface area (Å²) in [6.07, 6.45) is -0.908. The van der Waals surface area contributed by atoms with Gasteiger partial charge in [-0.05, 0) is 69.0 Å². The molecule has 11 heteroatoms. The number of nitrogens with one attached hydrogen (secondary N) is 2. The number of rotatable bonds is 11. The predicted octanol–water partition coefficient (Wildman–Crippen LogP) is 4.97. The minimum absolute atomic E-state index is 0.0864. The molecule has 47 heavy (non-hydrogen) atoms. The van der Waals surface area contributed by atoms with Crippen molar-refractivity contribution in [3.05, 3.63) is 102 Å². The maximum Gasteiger partial charge on any atom is 0.408 e. The standard InChI is InChI=1S/C36H43FN4O6/c1-35(2,3)47-34(45)39-30(23-31(42)46-4)32(43)41(25-27-15-17-28(37)18-16-27)36(33(44)38-24-26-11-7-5-8-12-26)19-21-40(22-20-36)29-13-9-6-10-14-29/h5-18,30H,19-25H2,1-4H3,(H,38,44)(H,39,45)/t30-/m0/s1. The lowest BCUT2D eigenvalue weighted by Crippen LogP contribution is -2.67. The molecule has 1 saturated heterocycles. The Labute approximate surface area is 275 Å². The first-order chi connectivity index (χ1) is 22.4. The highest BCUT2D eigenvalue weighted by atomic mass is 19.1. The van der Waals surface area contributed by atoms with Gasteiger partial charge >= 0.3 is 12.1 Å². The largest absolute Gasteiger partial charge is 0.469 e. The average Bonchev–Trinajstić information content (AvgIpc) is 3.06. The summed E-state index contributed by atoms with van der Waals surface area (Å²) in [5, 5.41) is 5.59. The molecule has 0 spiro atoms. The first kappa shape index (κ1) is 34.9. The topological polar surface area (TPSA) is 117 Å². The summed E-state index contributed by atoms with van der Waals surface area (Å²) in [6, 6.07) is 23.4. The van der Waals surface area contributed by atoms with E-state index in [1.807, 2.05) is 60.7 Å². The summed E-state index contributed by atoms with van der Waals surface area (Å²) < 4.78 is 24.2. The fourth-order valence-electron chi connectivity index (χ4n) is 5.64. The van der Waals surface area contributed by atoms with Gasteiger partial charge in [-0.1, -0.05) is 60.7 Å². The molecule has 0 radical (unpaired) electrons. The zero-order valence-electron chi connectivity index (χ0n) is 27.3. The second-order valence-electron chi connectivity index (χ2n) is 12.6. The van der Waals surface area contributed by atoms with Crippen LogP contribution in [0.4, 0.5) is 14.9 Å². The lowest BCUT2D eigenvalue weighted by Gasteiger charge is -2.49. The second-order valence-corrected chi connectivity index (χ2v) is 12.6. The van der Waals surface area contributed by atoms with Crippen LogP contribution in [-0.2, 0) is 36.9 Å². The van der Waals surface area contributed by atoms with Gasteiger partial charge in [-0.2, -0.15) is 0 Å². The Hall–Kier alpha value is -4.93. The normalized spacial score (nSPS) is 14.8. The summed E-state index contributed by atoms with van der Waals surface area (Å²) in [6.45, 7) is 6.06. The number of piperidine rings is 1. The first-order valence-electron chi connectivity index (χ1n) is 15.6. The summed E-state index contributed by atoms with van der Waals surface area (Å²) in [5.74, 6) is -2.23. The van der Waals surface area contributed by atoms with Gasteiger partial charge in [0.2, 0.25) is 11.8 Å². The number of benzene rings is 3. The summed E-state index contributed by atoms with van der Waals surface area (Å²) in [7, 11) is 1.19. The third-order valence-electron chi connectivity index (χ3n) is 8.05. The molecule has 3 amide bonds. The number of halogens is 1. The number of ether oxygens (including phenoxy) is 2. The van der Waals surface area contributed by atoms with Gasteiger partial charge in [0.15, 0.2) is 0 Å². The number of anilines is 1. The molecule has 3 aromatic carbocycles. The summed E-state index contributed by atoms with van der Waals surface area (Å²) >= 11 is 0. The van der Waals surface area contributed by atoms with E-state index in [-0.39, 0.29) is 31.8 Å². The molecule has 1 aliphatic rings. The van der Waals surface area contributed by atoms with E-state index in [1.54, 1.807) is 32.9 Å². The van der Waals surface area contributed by atoms with Crippen LogP contribution in [0.3, 0.4) is 0 Å². The number of esters is 1. The van der Waals surface area contributed by atoms with E-state index < -0.39 is 47.4 Å². The van der Waals surface area contributed by atoms with Gasteiger partial charge in [0.1, 0.15) is 23.0 Å². The third kappa shape index (κ3) is 9.54. The van der Waals surface area contributed by atoms with E-state index in [2.05, 4.69) is 15.5 Å². The Morgan fingerprint density at radius 3 is 2.06 bits per heavy atom. The Kier molecular flexibility index (Phi) is 11.6. The fraction of sp³-hybridized carbons (Fsp3) is 0.389. The molecule has 0 aromatic heterocycles. The quantitative estimate of drug-likeness (QED) is 0.283. The number of hydrogen-bond acceptors (Lipinski definition) is 7. The molecule has 1 heterocycles. The Balaban J connectivity index is 1.75. The molecule has 1 fully saturated rings. The van der Waals surface area contributed by atoms with Crippen LogP contribution in [-0.4, -0.2) is 66.2 Å². The Morgan fingerprint density at radius 1 is 0.894 bits per heavy atom. The molecule has 0 unspecified atom stereocenters. The molecule has 1 aliphatic heterocycles. The molecule has 1 atom stereocenters. The number of amides is 3. The second kappa shape index (κ2) is 15.6. The monoisotopic (exact) mass is 646 g/mol. The van der Waals surface area contributed by atoms with Gasteiger partial charge in [-0.15, -0.1) is 0 Å². The molecule has 2 N–H and O–H groups in total. The summed E-state index contributed by atoms with van der Waals surface area (Å²) in [5.41, 5.74) is 0.158. The van der Waals surface area contributed by atoms with Crippen molar-refractivity contribution >= 4 is 29.6 Å². The highest BCUT2D eigenvalue weighted by molar-refractivity contribution is 5.96. The predicted molar refractivity (Wildman–Crippen MR) is 176 cm³/mol. The number of alkyl carbamates (subject to hydrolysis) is 1. The van der Waals surface area contributed by atoms with E-state index in [1.165, 1.54) is 24.1 Å². The van der Waals surface area contributed by atoms with Gasteiger partial charge in [-0.3, -0.25) is 14.4 Å². The average molecular weight is 647 g/mol. The van der Waals surface area contributed by atoms with Crippen molar-refractivity contribution in [2.45, 2.75) is 70.3 Å². The Bertz CT molecular complexity index is 1500. The lowest BCUT2D eigenvalue weighted by atomic mass is 9.83.